The van der Waals surface area contributed by atoms with Crippen molar-refractivity contribution in [3.63, 3.8) is 0 Å². The van der Waals surface area contributed by atoms with Gasteiger partial charge in [0.1, 0.15) is 5.76 Å². The first kappa shape index (κ1) is 11.9. The van der Waals surface area contributed by atoms with Gasteiger partial charge in [0.2, 0.25) is 5.12 Å². The van der Waals surface area contributed by atoms with Gasteiger partial charge in [-0.1, -0.05) is 18.7 Å². The Kier molecular flexibility index (Phi) is 5.41. The average Bonchev–Trinajstić information content (AvgIpc) is 2.54. The van der Waals surface area contributed by atoms with E-state index in [-0.39, 0.29) is 10.4 Å². The van der Waals surface area contributed by atoms with E-state index in [2.05, 4.69) is 6.92 Å². The molecule has 0 saturated heterocycles. The van der Waals surface area contributed by atoms with E-state index in [4.69, 9.17) is 16.3 Å². The lowest BCUT2D eigenvalue weighted by Gasteiger charge is -2.12. The summed E-state index contributed by atoms with van der Waals surface area (Å²) in [5.41, 5.74) is 0. The minimum Gasteiger partial charge on any atom is -0.497 e. The maximum absolute atomic E-state index is 11.1. The van der Waals surface area contributed by atoms with Crippen LogP contribution in [0.5, 0.6) is 0 Å². The largest absolute Gasteiger partial charge is 0.497 e. The Labute approximate surface area is 94.0 Å². The summed E-state index contributed by atoms with van der Waals surface area (Å²) in [7, 11) is 0. The lowest BCUT2D eigenvalue weighted by molar-refractivity contribution is -0.107. The predicted octanol–water partition coefficient (Wildman–Crippen LogP) is 2.96. The van der Waals surface area contributed by atoms with E-state index in [0.29, 0.717) is 12.5 Å². The van der Waals surface area contributed by atoms with Gasteiger partial charge >= 0.3 is 0 Å². The molecule has 2 nitrogen and oxygen atoms in total. The molecular formula is C10H15ClO2S. The van der Waals surface area contributed by atoms with Crippen molar-refractivity contribution in [2.45, 2.75) is 31.4 Å². The van der Waals surface area contributed by atoms with Gasteiger partial charge in [0.15, 0.2) is 0 Å². The van der Waals surface area contributed by atoms with Crippen LogP contribution >= 0.6 is 23.4 Å². The SMILES string of the molecule is CCC1SC(=O)C=C1OCCCCCl. The number of carbonyl (C=O) groups excluding carboxylic acids is 1. The molecule has 0 bridgehead atoms. The molecule has 0 spiro atoms. The number of carbonyl (C=O) groups is 1. The number of ether oxygens (including phenoxy) is 1. The third kappa shape index (κ3) is 3.54. The molecule has 0 aromatic carbocycles. The van der Waals surface area contributed by atoms with Crippen LogP contribution in [0.2, 0.25) is 0 Å². The molecule has 0 saturated carbocycles. The van der Waals surface area contributed by atoms with Crippen LogP contribution < -0.4 is 0 Å². The van der Waals surface area contributed by atoms with Crippen molar-refractivity contribution in [3.05, 3.63) is 11.8 Å². The third-order valence-electron chi connectivity index (χ3n) is 2.00. The van der Waals surface area contributed by atoms with E-state index >= 15 is 0 Å². The smallest absolute Gasteiger partial charge is 0.216 e. The fourth-order valence-corrected chi connectivity index (χ4v) is 2.32. The molecule has 0 aliphatic carbocycles. The quantitative estimate of drug-likeness (QED) is 0.522. The molecule has 1 atom stereocenters. The van der Waals surface area contributed by atoms with E-state index in [1.807, 2.05) is 0 Å². The Morgan fingerprint density at radius 3 is 3.00 bits per heavy atom. The maximum Gasteiger partial charge on any atom is 0.216 e. The van der Waals surface area contributed by atoms with E-state index in [0.717, 1.165) is 25.0 Å². The average molecular weight is 235 g/mol. The molecule has 1 heterocycles. The van der Waals surface area contributed by atoms with Gasteiger partial charge in [-0.15, -0.1) is 11.6 Å². The summed E-state index contributed by atoms with van der Waals surface area (Å²) >= 11 is 6.90. The van der Waals surface area contributed by atoms with E-state index in [1.165, 1.54) is 11.8 Å². The van der Waals surface area contributed by atoms with Gasteiger partial charge in [-0.05, 0) is 19.3 Å². The number of hydrogen-bond donors (Lipinski definition) is 0. The van der Waals surface area contributed by atoms with Crippen molar-refractivity contribution in [1.29, 1.82) is 0 Å². The zero-order valence-corrected chi connectivity index (χ0v) is 9.87. The number of unbranched alkanes of at least 4 members (excludes halogenated alkanes) is 1. The number of hydrogen-bond acceptors (Lipinski definition) is 3. The molecule has 0 aromatic rings. The number of thioether (sulfide) groups is 1. The summed E-state index contributed by atoms with van der Waals surface area (Å²) in [4.78, 5) is 11.1. The van der Waals surface area contributed by atoms with Gasteiger partial charge in [-0.2, -0.15) is 0 Å². The van der Waals surface area contributed by atoms with Crippen LogP contribution in [0.15, 0.2) is 11.8 Å². The van der Waals surface area contributed by atoms with Crippen LogP contribution in [0.1, 0.15) is 26.2 Å². The van der Waals surface area contributed by atoms with Crippen molar-refractivity contribution >= 4 is 28.5 Å². The van der Waals surface area contributed by atoms with E-state index in [9.17, 15) is 4.79 Å². The number of halogens is 1. The van der Waals surface area contributed by atoms with Crippen molar-refractivity contribution in [2.75, 3.05) is 12.5 Å². The predicted molar refractivity (Wildman–Crippen MR) is 60.7 cm³/mol. The van der Waals surface area contributed by atoms with Gasteiger partial charge in [-0.25, -0.2) is 0 Å². The highest BCUT2D eigenvalue weighted by atomic mass is 35.5. The molecule has 1 aliphatic heterocycles. The highest BCUT2D eigenvalue weighted by Crippen LogP contribution is 2.31. The Morgan fingerprint density at radius 2 is 2.36 bits per heavy atom. The Hall–Kier alpha value is -0.150. The molecule has 0 fully saturated rings. The summed E-state index contributed by atoms with van der Waals surface area (Å²) in [6, 6.07) is 0. The molecule has 1 rings (SSSR count). The molecule has 4 heteroatoms. The maximum atomic E-state index is 11.1. The molecule has 0 amide bonds. The normalized spacial score (nSPS) is 21.1. The summed E-state index contributed by atoms with van der Waals surface area (Å²) in [5.74, 6) is 1.52. The molecule has 1 unspecified atom stereocenters. The Bertz CT molecular complexity index is 228. The minimum absolute atomic E-state index is 0.115. The first-order valence-electron chi connectivity index (χ1n) is 4.89. The second-order valence-corrected chi connectivity index (χ2v) is 4.71. The van der Waals surface area contributed by atoms with Gasteiger partial charge in [-0.3, -0.25) is 4.79 Å². The molecule has 1 aliphatic rings. The van der Waals surface area contributed by atoms with Crippen LogP contribution in [0.4, 0.5) is 0 Å². The monoisotopic (exact) mass is 234 g/mol. The van der Waals surface area contributed by atoms with Crippen LogP contribution in [-0.4, -0.2) is 22.9 Å². The van der Waals surface area contributed by atoms with Crippen LogP contribution in [0.25, 0.3) is 0 Å². The van der Waals surface area contributed by atoms with Crippen molar-refractivity contribution < 1.29 is 9.53 Å². The van der Waals surface area contributed by atoms with Crippen molar-refractivity contribution in [3.8, 4) is 0 Å². The fraction of sp³-hybridized carbons (Fsp3) is 0.700. The van der Waals surface area contributed by atoms with Gasteiger partial charge in [0.25, 0.3) is 0 Å². The highest BCUT2D eigenvalue weighted by Gasteiger charge is 2.25. The minimum atomic E-state index is 0.115. The number of alkyl halides is 1. The van der Waals surface area contributed by atoms with Crippen LogP contribution in [0.3, 0.4) is 0 Å². The first-order chi connectivity index (χ1) is 6.77. The first-order valence-corrected chi connectivity index (χ1v) is 6.30. The summed E-state index contributed by atoms with van der Waals surface area (Å²) in [5, 5.41) is 0.350. The van der Waals surface area contributed by atoms with E-state index in [1.54, 1.807) is 6.08 Å². The summed E-state index contributed by atoms with van der Waals surface area (Å²) in [6.07, 6.45) is 4.47. The lowest BCUT2D eigenvalue weighted by Crippen LogP contribution is -2.05. The summed E-state index contributed by atoms with van der Waals surface area (Å²) < 4.78 is 5.54. The van der Waals surface area contributed by atoms with Crippen molar-refractivity contribution in [2.24, 2.45) is 0 Å². The summed E-state index contributed by atoms with van der Waals surface area (Å²) in [6.45, 7) is 2.73. The van der Waals surface area contributed by atoms with Crippen LogP contribution in [-0.2, 0) is 9.53 Å². The van der Waals surface area contributed by atoms with Gasteiger partial charge in [0, 0.05) is 12.0 Å². The van der Waals surface area contributed by atoms with Crippen molar-refractivity contribution in [1.82, 2.24) is 0 Å². The molecule has 0 radical (unpaired) electrons. The molecular weight excluding hydrogens is 220 g/mol. The third-order valence-corrected chi connectivity index (χ3v) is 3.47. The second-order valence-electron chi connectivity index (χ2n) is 3.13. The lowest BCUT2D eigenvalue weighted by atomic mass is 10.2. The topological polar surface area (TPSA) is 26.3 Å². The molecule has 0 N–H and O–H groups in total. The zero-order valence-electron chi connectivity index (χ0n) is 8.29. The molecule has 0 aromatic heterocycles. The zero-order chi connectivity index (χ0) is 10.4. The Morgan fingerprint density at radius 1 is 1.57 bits per heavy atom. The fourth-order valence-electron chi connectivity index (χ4n) is 1.25. The highest BCUT2D eigenvalue weighted by molar-refractivity contribution is 8.15. The van der Waals surface area contributed by atoms with Crippen LogP contribution in [0, 0.1) is 0 Å². The van der Waals surface area contributed by atoms with Gasteiger partial charge in [0.05, 0.1) is 11.9 Å². The van der Waals surface area contributed by atoms with Gasteiger partial charge < -0.3 is 4.74 Å². The standard InChI is InChI=1S/C10H15ClO2S/c1-2-9-8(7-10(12)14-9)13-6-4-3-5-11/h7,9H,2-6H2,1H3. The number of rotatable bonds is 6. The molecule has 14 heavy (non-hydrogen) atoms. The second kappa shape index (κ2) is 6.36. The molecule has 80 valence electrons. The van der Waals surface area contributed by atoms with E-state index < -0.39 is 0 Å². The Balaban J connectivity index is 2.28.